The highest BCUT2D eigenvalue weighted by molar-refractivity contribution is 8.00. The Labute approximate surface area is 93.7 Å². The molecule has 82 valence electrons. The molecule has 5 heteroatoms. The van der Waals surface area contributed by atoms with Crippen molar-refractivity contribution in [2.24, 2.45) is 5.73 Å². The Morgan fingerprint density at radius 1 is 1.27 bits per heavy atom. The van der Waals surface area contributed by atoms with Crippen molar-refractivity contribution in [2.75, 3.05) is 0 Å². The molecule has 4 nitrogen and oxygen atoms in total. The minimum atomic E-state index is -0.348. The molecule has 1 aromatic rings. The number of nitrogens with zero attached hydrogens (tertiary/aromatic N) is 2. The van der Waals surface area contributed by atoms with Crippen molar-refractivity contribution in [3.8, 4) is 0 Å². The zero-order valence-electron chi connectivity index (χ0n) is 9.37. The maximum absolute atomic E-state index is 10.9. The molecule has 1 heterocycles. The summed E-state index contributed by atoms with van der Waals surface area (Å²) in [6, 6.07) is 0. The number of amides is 1. The number of nitrogens with two attached hydrogens (primary N) is 1. The third-order valence-electron chi connectivity index (χ3n) is 2.29. The summed E-state index contributed by atoms with van der Waals surface area (Å²) >= 11 is 1.29. The lowest BCUT2D eigenvalue weighted by molar-refractivity contribution is -0.117. The maximum Gasteiger partial charge on any atom is 0.230 e. The van der Waals surface area contributed by atoms with Crippen LogP contribution in [0, 0.1) is 20.8 Å². The van der Waals surface area contributed by atoms with Crippen molar-refractivity contribution in [1.82, 2.24) is 9.97 Å². The highest BCUT2D eigenvalue weighted by atomic mass is 32.2. The van der Waals surface area contributed by atoms with Crippen LogP contribution in [-0.4, -0.2) is 21.1 Å². The van der Waals surface area contributed by atoms with Crippen LogP contribution >= 0.6 is 11.8 Å². The Bertz CT molecular complexity index is 369. The second-order valence-electron chi connectivity index (χ2n) is 3.46. The predicted octanol–water partition coefficient (Wildman–Crippen LogP) is 1.37. The lowest BCUT2D eigenvalue weighted by Crippen LogP contribution is -2.22. The summed E-state index contributed by atoms with van der Waals surface area (Å²) in [6.45, 7) is 7.60. The van der Waals surface area contributed by atoms with Crippen molar-refractivity contribution >= 4 is 17.7 Å². The first kappa shape index (κ1) is 12.0. The average molecular weight is 225 g/mol. The zero-order chi connectivity index (χ0) is 11.6. The van der Waals surface area contributed by atoms with Gasteiger partial charge in [-0.25, -0.2) is 9.97 Å². The van der Waals surface area contributed by atoms with Crippen molar-refractivity contribution < 1.29 is 4.79 Å². The van der Waals surface area contributed by atoms with Crippen LogP contribution in [0.15, 0.2) is 5.16 Å². The van der Waals surface area contributed by atoms with Gasteiger partial charge >= 0.3 is 0 Å². The first-order valence-corrected chi connectivity index (χ1v) is 5.57. The minimum Gasteiger partial charge on any atom is -0.369 e. The molecule has 0 saturated carbocycles. The van der Waals surface area contributed by atoms with Crippen LogP contribution in [0.2, 0.25) is 0 Å². The monoisotopic (exact) mass is 225 g/mol. The SMILES string of the molecule is Cc1nc(S[C@H](C)C(N)=O)nc(C)c1C. The average Bonchev–Trinajstić information content (AvgIpc) is 2.13. The topological polar surface area (TPSA) is 68.9 Å². The van der Waals surface area contributed by atoms with Crippen molar-refractivity contribution in [3.63, 3.8) is 0 Å². The van der Waals surface area contributed by atoms with Gasteiger partial charge in [-0.15, -0.1) is 0 Å². The second-order valence-corrected chi connectivity index (χ2v) is 4.77. The molecule has 1 atom stereocenters. The van der Waals surface area contributed by atoms with Gasteiger partial charge in [0.05, 0.1) is 5.25 Å². The molecule has 2 N–H and O–H groups in total. The summed E-state index contributed by atoms with van der Waals surface area (Å²) in [5.41, 5.74) is 8.16. The van der Waals surface area contributed by atoms with Gasteiger partial charge in [0.25, 0.3) is 0 Å². The molecule has 0 aliphatic rings. The molecular formula is C10H15N3OS. The van der Waals surface area contributed by atoms with E-state index in [0.717, 1.165) is 17.0 Å². The van der Waals surface area contributed by atoms with Gasteiger partial charge in [0.2, 0.25) is 5.91 Å². The summed E-state index contributed by atoms with van der Waals surface area (Å²) in [7, 11) is 0. The zero-order valence-corrected chi connectivity index (χ0v) is 10.2. The molecule has 1 amide bonds. The van der Waals surface area contributed by atoms with Crippen molar-refractivity contribution in [1.29, 1.82) is 0 Å². The van der Waals surface area contributed by atoms with Crippen LogP contribution in [0.4, 0.5) is 0 Å². The Morgan fingerprint density at radius 2 is 1.73 bits per heavy atom. The van der Waals surface area contributed by atoms with Crippen molar-refractivity contribution in [2.45, 2.75) is 38.1 Å². The van der Waals surface area contributed by atoms with Crippen LogP contribution < -0.4 is 5.73 Å². The third kappa shape index (κ3) is 2.92. The van der Waals surface area contributed by atoms with E-state index in [-0.39, 0.29) is 11.2 Å². The number of aryl methyl sites for hydroxylation is 2. The van der Waals surface area contributed by atoms with Gasteiger partial charge in [0.1, 0.15) is 0 Å². The number of rotatable bonds is 3. The molecule has 0 unspecified atom stereocenters. The Kier molecular flexibility index (Phi) is 3.68. The molecule has 0 bridgehead atoms. The van der Waals surface area contributed by atoms with Crippen LogP contribution in [0.3, 0.4) is 0 Å². The standard InChI is InChI=1S/C10H15N3OS/c1-5-6(2)12-10(13-7(5)3)15-8(4)9(11)14/h8H,1-4H3,(H2,11,14)/t8-/m1/s1. The minimum absolute atomic E-state index is 0.300. The third-order valence-corrected chi connectivity index (χ3v) is 3.27. The fraction of sp³-hybridized carbons (Fsp3) is 0.500. The van der Waals surface area contributed by atoms with Crippen LogP contribution in [-0.2, 0) is 4.79 Å². The highest BCUT2D eigenvalue weighted by Gasteiger charge is 2.13. The number of hydrogen-bond donors (Lipinski definition) is 1. The maximum atomic E-state index is 10.9. The summed E-state index contributed by atoms with van der Waals surface area (Å²) in [4.78, 5) is 19.5. The molecule has 15 heavy (non-hydrogen) atoms. The van der Waals surface area contributed by atoms with E-state index in [9.17, 15) is 4.79 Å². The van der Waals surface area contributed by atoms with Crippen LogP contribution in [0.1, 0.15) is 23.9 Å². The van der Waals surface area contributed by atoms with Gasteiger partial charge < -0.3 is 5.73 Å². The number of thioether (sulfide) groups is 1. The molecule has 1 rings (SSSR count). The summed E-state index contributed by atoms with van der Waals surface area (Å²) < 4.78 is 0. The van der Waals surface area contributed by atoms with Gasteiger partial charge in [0, 0.05) is 11.4 Å². The molecule has 1 aromatic heterocycles. The number of primary amides is 1. The Morgan fingerprint density at radius 3 is 2.13 bits per heavy atom. The number of aromatic nitrogens is 2. The predicted molar refractivity (Wildman–Crippen MR) is 60.8 cm³/mol. The van der Waals surface area contributed by atoms with Gasteiger partial charge in [-0.05, 0) is 33.3 Å². The molecule has 0 radical (unpaired) electrons. The van der Waals surface area contributed by atoms with Gasteiger partial charge in [0.15, 0.2) is 5.16 Å². The second kappa shape index (κ2) is 4.61. The smallest absolute Gasteiger partial charge is 0.230 e. The van der Waals surface area contributed by atoms with E-state index in [1.165, 1.54) is 11.8 Å². The molecule has 0 spiro atoms. The van der Waals surface area contributed by atoms with E-state index in [2.05, 4.69) is 9.97 Å². The lowest BCUT2D eigenvalue weighted by Gasteiger charge is -2.09. The van der Waals surface area contributed by atoms with Crippen LogP contribution in [0.25, 0.3) is 0 Å². The summed E-state index contributed by atoms with van der Waals surface area (Å²) in [5.74, 6) is -0.348. The number of hydrogen-bond acceptors (Lipinski definition) is 4. The largest absolute Gasteiger partial charge is 0.369 e. The van der Waals surface area contributed by atoms with E-state index in [4.69, 9.17) is 5.73 Å². The molecule has 0 aliphatic carbocycles. The Hall–Kier alpha value is -1.10. The molecule has 0 fully saturated rings. The molecule has 0 aromatic carbocycles. The van der Waals surface area contributed by atoms with E-state index >= 15 is 0 Å². The summed E-state index contributed by atoms with van der Waals surface area (Å²) in [5, 5.41) is 0.313. The van der Waals surface area contributed by atoms with E-state index in [1.54, 1.807) is 6.92 Å². The lowest BCUT2D eigenvalue weighted by atomic mass is 10.2. The first-order valence-electron chi connectivity index (χ1n) is 4.69. The fourth-order valence-electron chi connectivity index (χ4n) is 1.01. The molecule has 0 saturated heterocycles. The highest BCUT2D eigenvalue weighted by Crippen LogP contribution is 2.21. The van der Waals surface area contributed by atoms with Gasteiger partial charge in [-0.1, -0.05) is 11.8 Å². The van der Waals surface area contributed by atoms with E-state index < -0.39 is 0 Å². The number of carbonyl (C=O) groups is 1. The molecular weight excluding hydrogens is 210 g/mol. The normalized spacial score (nSPS) is 12.5. The van der Waals surface area contributed by atoms with E-state index in [0.29, 0.717) is 5.16 Å². The Balaban J connectivity index is 2.92. The molecule has 0 aliphatic heterocycles. The van der Waals surface area contributed by atoms with Crippen LogP contribution in [0.5, 0.6) is 0 Å². The number of carbonyl (C=O) groups excluding carboxylic acids is 1. The fourth-order valence-corrected chi connectivity index (χ4v) is 1.82. The quantitative estimate of drug-likeness (QED) is 0.623. The van der Waals surface area contributed by atoms with E-state index in [1.807, 2.05) is 20.8 Å². The summed E-state index contributed by atoms with van der Waals surface area (Å²) in [6.07, 6.45) is 0. The van der Waals surface area contributed by atoms with Gasteiger partial charge in [-0.3, -0.25) is 4.79 Å². The first-order chi connectivity index (χ1) is 6.91. The van der Waals surface area contributed by atoms with Gasteiger partial charge in [-0.2, -0.15) is 0 Å². The van der Waals surface area contributed by atoms with Crippen molar-refractivity contribution in [3.05, 3.63) is 17.0 Å².